The number of nitrogens with zero attached hydrogens (tertiary/aromatic N) is 1. The summed E-state index contributed by atoms with van der Waals surface area (Å²) in [6.07, 6.45) is 5.18. The molecule has 0 aliphatic rings. The highest BCUT2D eigenvalue weighted by atomic mass is 16.4. The van der Waals surface area contributed by atoms with Crippen molar-refractivity contribution in [3.8, 4) is 0 Å². The average molecular weight is 229 g/mol. The molecular weight excluding hydrogens is 202 g/mol. The van der Waals surface area contributed by atoms with Crippen molar-refractivity contribution in [1.82, 2.24) is 5.32 Å². The number of rotatable bonds is 9. The molecule has 0 aromatic rings. The van der Waals surface area contributed by atoms with Crippen LogP contribution in [0.3, 0.4) is 0 Å². The van der Waals surface area contributed by atoms with Gasteiger partial charge in [0.15, 0.2) is 0 Å². The van der Waals surface area contributed by atoms with Crippen molar-refractivity contribution in [3.63, 3.8) is 0 Å². The van der Waals surface area contributed by atoms with Gasteiger partial charge in [-0.2, -0.15) is 0 Å². The second kappa shape index (κ2) is 9.46. The monoisotopic (exact) mass is 229 g/mol. The Kier molecular flexibility index (Phi) is 9.00. The molecule has 4 heteroatoms. The van der Waals surface area contributed by atoms with E-state index in [-0.39, 0.29) is 0 Å². The molecule has 0 bridgehead atoms. The molecule has 1 atom stereocenters. The van der Waals surface area contributed by atoms with Gasteiger partial charge in [0.1, 0.15) is 5.84 Å². The molecule has 0 spiro atoms. The summed E-state index contributed by atoms with van der Waals surface area (Å²) in [6.45, 7) is 7.74. The first-order chi connectivity index (χ1) is 7.65. The SMILES string of the molecule is CCC(CC)C(C)NCCCCC(N)=NO. The van der Waals surface area contributed by atoms with E-state index < -0.39 is 0 Å². The number of hydrogen-bond acceptors (Lipinski definition) is 3. The summed E-state index contributed by atoms with van der Waals surface area (Å²) in [6, 6.07) is 0.582. The van der Waals surface area contributed by atoms with Gasteiger partial charge in [0.05, 0.1) is 0 Å². The summed E-state index contributed by atoms with van der Waals surface area (Å²) in [5, 5.41) is 14.8. The van der Waals surface area contributed by atoms with E-state index in [2.05, 4.69) is 31.2 Å². The summed E-state index contributed by atoms with van der Waals surface area (Å²) in [5.74, 6) is 1.09. The third-order valence-corrected chi connectivity index (χ3v) is 3.21. The van der Waals surface area contributed by atoms with Crippen LogP contribution in [0.25, 0.3) is 0 Å². The molecular formula is C12H27N3O. The first-order valence-corrected chi connectivity index (χ1v) is 6.35. The molecule has 4 nitrogen and oxygen atoms in total. The molecule has 4 N–H and O–H groups in total. The third-order valence-electron chi connectivity index (χ3n) is 3.21. The Labute approximate surface area is 99.3 Å². The molecule has 0 aliphatic heterocycles. The van der Waals surface area contributed by atoms with Gasteiger partial charge in [0.25, 0.3) is 0 Å². The fourth-order valence-electron chi connectivity index (χ4n) is 1.97. The van der Waals surface area contributed by atoms with Crippen molar-refractivity contribution in [2.75, 3.05) is 6.54 Å². The zero-order chi connectivity index (χ0) is 12.4. The second-order valence-corrected chi connectivity index (χ2v) is 4.37. The van der Waals surface area contributed by atoms with Crippen LogP contribution in [-0.2, 0) is 0 Å². The maximum Gasteiger partial charge on any atom is 0.139 e. The van der Waals surface area contributed by atoms with Crippen LogP contribution in [0.5, 0.6) is 0 Å². The highest BCUT2D eigenvalue weighted by Gasteiger charge is 2.11. The summed E-state index contributed by atoms with van der Waals surface area (Å²) >= 11 is 0. The predicted molar refractivity (Wildman–Crippen MR) is 68.8 cm³/mol. The number of nitrogens with one attached hydrogen (secondary N) is 1. The largest absolute Gasteiger partial charge is 0.409 e. The number of nitrogens with two attached hydrogens (primary N) is 1. The molecule has 0 amide bonds. The van der Waals surface area contributed by atoms with Crippen molar-refractivity contribution < 1.29 is 5.21 Å². The number of unbranched alkanes of at least 4 members (excludes halogenated alkanes) is 1. The summed E-state index contributed by atoms with van der Waals surface area (Å²) in [4.78, 5) is 0. The smallest absolute Gasteiger partial charge is 0.139 e. The average Bonchev–Trinajstić information content (AvgIpc) is 2.29. The molecule has 0 aromatic carbocycles. The van der Waals surface area contributed by atoms with E-state index in [0.717, 1.165) is 25.3 Å². The van der Waals surface area contributed by atoms with E-state index in [1.807, 2.05) is 0 Å². The van der Waals surface area contributed by atoms with Crippen LogP contribution in [-0.4, -0.2) is 23.6 Å². The minimum Gasteiger partial charge on any atom is -0.409 e. The fourth-order valence-corrected chi connectivity index (χ4v) is 1.97. The maximum atomic E-state index is 8.36. The molecule has 1 unspecified atom stereocenters. The lowest BCUT2D eigenvalue weighted by Crippen LogP contribution is -2.33. The molecule has 96 valence electrons. The molecule has 0 aliphatic carbocycles. The molecule has 0 radical (unpaired) electrons. The molecule has 0 rings (SSSR count). The molecule has 0 saturated heterocycles. The lowest BCUT2D eigenvalue weighted by molar-refractivity contribution is 0.316. The van der Waals surface area contributed by atoms with Crippen LogP contribution >= 0.6 is 0 Å². The Morgan fingerprint density at radius 2 is 1.94 bits per heavy atom. The third kappa shape index (κ3) is 6.67. The molecule has 16 heavy (non-hydrogen) atoms. The highest BCUT2D eigenvalue weighted by Crippen LogP contribution is 2.12. The van der Waals surface area contributed by atoms with Crippen LogP contribution in [0.2, 0.25) is 0 Å². The first kappa shape index (κ1) is 15.2. The van der Waals surface area contributed by atoms with Gasteiger partial charge in [0, 0.05) is 12.5 Å². The first-order valence-electron chi connectivity index (χ1n) is 6.35. The van der Waals surface area contributed by atoms with Crippen molar-refractivity contribution in [3.05, 3.63) is 0 Å². The van der Waals surface area contributed by atoms with E-state index >= 15 is 0 Å². The van der Waals surface area contributed by atoms with Gasteiger partial charge in [-0.25, -0.2) is 0 Å². The minimum absolute atomic E-state index is 0.327. The van der Waals surface area contributed by atoms with Crippen molar-refractivity contribution in [2.24, 2.45) is 16.8 Å². The second-order valence-electron chi connectivity index (χ2n) is 4.37. The summed E-state index contributed by atoms with van der Waals surface area (Å²) in [5.41, 5.74) is 5.39. The molecule has 0 saturated carbocycles. The van der Waals surface area contributed by atoms with Crippen LogP contribution in [0.1, 0.15) is 52.9 Å². The Balaban J connectivity index is 3.51. The molecule has 0 aromatic heterocycles. The van der Waals surface area contributed by atoms with Gasteiger partial charge < -0.3 is 16.3 Å². The number of amidine groups is 1. The topological polar surface area (TPSA) is 70.6 Å². The Hall–Kier alpha value is -0.770. The Morgan fingerprint density at radius 1 is 1.31 bits per heavy atom. The quantitative estimate of drug-likeness (QED) is 0.187. The van der Waals surface area contributed by atoms with Gasteiger partial charge in [-0.05, 0) is 32.2 Å². The van der Waals surface area contributed by atoms with E-state index in [4.69, 9.17) is 10.9 Å². The molecule has 0 heterocycles. The lowest BCUT2D eigenvalue weighted by Gasteiger charge is -2.22. The zero-order valence-corrected chi connectivity index (χ0v) is 10.9. The van der Waals surface area contributed by atoms with Crippen molar-refractivity contribution in [2.45, 2.75) is 58.9 Å². The van der Waals surface area contributed by atoms with Gasteiger partial charge in [-0.3, -0.25) is 0 Å². The van der Waals surface area contributed by atoms with E-state index in [1.165, 1.54) is 12.8 Å². The predicted octanol–water partition coefficient (Wildman–Crippen LogP) is 2.32. The van der Waals surface area contributed by atoms with Crippen molar-refractivity contribution in [1.29, 1.82) is 0 Å². The minimum atomic E-state index is 0.327. The van der Waals surface area contributed by atoms with Gasteiger partial charge in [-0.15, -0.1) is 0 Å². The Bertz CT molecular complexity index is 191. The highest BCUT2D eigenvalue weighted by molar-refractivity contribution is 5.79. The van der Waals surface area contributed by atoms with Crippen LogP contribution in [0.4, 0.5) is 0 Å². The Morgan fingerprint density at radius 3 is 2.44 bits per heavy atom. The van der Waals surface area contributed by atoms with Crippen LogP contribution < -0.4 is 11.1 Å². The standard InChI is InChI=1S/C12H27N3O/c1-4-11(5-2)10(3)14-9-7-6-8-12(13)15-16/h10-11,14,16H,4-9H2,1-3H3,(H2,13,15). The van der Waals surface area contributed by atoms with Gasteiger partial charge in [-0.1, -0.05) is 31.8 Å². The fraction of sp³-hybridized carbons (Fsp3) is 0.917. The normalized spacial score (nSPS) is 14.4. The van der Waals surface area contributed by atoms with Crippen molar-refractivity contribution >= 4 is 5.84 Å². The van der Waals surface area contributed by atoms with Crippen LogP contribution in [0.15, 0.2) is 5.16 Å². The van der Waals surface area contributed by atoms with Gasteiger partial charge in [0.2, 0.25) is 0 Å². The number of oxime groups is 1. The van der Waals surface area contributed by atoms with Gasteiger partial charge >= 0.3 is 0 Å². The maximum absolute atomic E-state index is 8.36. The van der Waals surface area contributed by atoms with E-state index in [0.29, 0.717) is 18.3 Å². The van der Waals surface area contributed by atoms with E-state index in [1.54, 1.807) is 0 Å². The summed E-state index contributed by atoms with van der Waals surface area (Å²) < 4.78 is 0. The lowest BCUT2D eigenvalue weighted by atomic mass is 9.95. The van der Waals surface area contributed by atoms with Crippen LogP contribution in [0, 0.1) is 5.92 Å². The molecule has 0 fully saturated rings. The zero-order valence-electron chi connectivity index (χ0n) is 10.9. The number of hydrogen-bond donors (Lipinski definition) is 3. The van der Waals surface area contributed by atoms with E-state index in [9.17, 15) is 0 Å². The summed E-state index contributed by atoms with van der Waals surface area (Å²) in [7, 11) is 0.